The second-order valence-electron chi connectivity index (χ2n) is 7.67. The highest BCUT2D eigenvalue weighted by Gasteiger charge is 2.31. The minimum atomic E-state index is -4.51. The number of nitrogens with zero attached hydrogens (tertiary/aromatic N) is 4. The molecule has 1 aromatic carbocycles. The van der Waals surface area contributed by atoms with Gasteiger partial charge in [0.25, 0.3) is 5.56 Å². The van der Waals surface area contributed by atoms with Gasteiger partial charge < -0.3 is 5.32 Å². The monoisotopic (exact) mass is 463 g/mol. The molecule has 0 radical (unpaired) electrons. The number of likely N-dealkylation sites (tertiary alicyclic amines) is 1. The van der Waals surface area contributed by atoms with Gasteiger partial charge in [-0.1, -0.05) is 41.9 Å². The molecule has 1 aliphatic heterocycles. The summed E-state index contributed by atoms with van der Waals surface area (Å²) in [5.41, 5.74) is 0.121. The molecule has 0 unspecified atom stereocenters. The Bertz CT molecular complexity index is 1110. The highest BCUT2D eigenvalue weighted by molar-refractivity contribution is 6.32. The van der Waals surface area contributed by atoms with Crippen LogP contribution in [0, 0.1) is 0 Å². The van der Waals surface area contributed by atoms with Crippen LogP contribution in [0.15, 0.2) is 59.7 Å². The molecule has 0 amide bonds. The third-order valence-corrected chi connectivity index (χ3v) is 5.77. The topological polar surface area (TPSA) is 63.1 Å². The summed E-state index contributed by atoms with van der Waals surface area (Å²) in [6, 6.07) is 12.3. The van der Waals surface area contributed by atoms with Gasteiger partial charge in [0.15, 0.2) is 5.82 Å². The smallest absolute Gasteiger partial charge is 0.380 e. The fourth-order valence-corrected chi connectivity index (χ4v) is 3.86. The van der Waals surface area contributed by atoms with Crippen molar-refractivity contribution in [3.05, 3.63) is 81.4 Å². The zero-order valence-corrected chi connectivity index (χ0v) is 17.8. The third kappa shape index (κ3) is 5.11. The molecule has 1 saturated heterocycles. The first kappa shape index (κ1) is 22.3. The van der Waals surface area contributed by atoms with E-state index < -0.39 is 17.3 Å². The molecule has 1 N–H and O–H groups in total. The summed E-state index contributed by atoms with van der Waals surface area (Å²) >= 11 is 6.25. The Hall–Kier alpha value is -2.91. The van der Waals surface area contributed by atoms with Gasteiger partial charge in [-0.15, -0.1) is 0 Å². The van der Waals surface area contributed by atoms with E-state index in [1.807, 2.05) is 18.2 Å². The molecule has 0 bridgehead atoms. The van der Waals surface area contributed by atoms with Crippen LogP contribution in [-0.4, -0.2) is 38.8 Å². The molecule has 0 atom stereocenters. The lowest BCUT2D eigenvalue weighted by molar-refractivity contribution is -0.137. The second-order valence-corrected chi connectivity index (χ2v) is 8.05. The van der Waals surface area contributed by atoms with Crippen molar-refractivity contribution in [1.82, 2.24) is 19.7 Å². The van der Waals surface area contributed by atoms with Crippen LogP contribution in [0.2, 0.25) is 5.02 Å². The normalized spacial score (nSPS) is 15.6. The number of rotatable bonds is 5. The van der Waals surface area contributed by atoms with Crippen molar-refractivity contribution in [3.8, 4) is 5.82 Å². The van der Waals surface area contributed by atoms with Crippen molar-refractivity contribution in [2.45, 2.75) is 31.6 Å². The highest BCUT2D eigenvalue weighted by Crippen LogP contribution is 2.28. The highest BCUT2D eigenvalue weighted by atomic mass is 35.5. The lowest BCUT2D eigenvalue weighted by Crippen LogP contribution is -2.39. The largest absolute Gasteiger partial charge is 0.417 e. The zero-order valence-electron chi connectivity index (χ0n) is 17.0. The first-order valence-corrected chi connectivity index (χ1v) is 10.5. The van der Waals surface area contributed by atoms with Crippen LogP contribution in [0.5, 0.6) is 0 Å². The summed E-state index contributed by atoms with van der Waals surface area (Å²) in [5.74, 6) is -0.0364. The van der Waals surface area contributed by atoms with E-state index in [0.717, 1.165) is 49.3 Å². The minimum Gasteiger partial charge on any atom is -0.380 e. The summed E-state index contributed by atoms with van der Waals surface area (Å²) in [7, 11) is 0. The quantitative estimate of drug-likeness (QED) is 0.608. The number of piperidine rings is 1. The molecule has 1 fully saturated rings. The minimum absolute atomic E-state index is 0.0364. The molecule has 32 heavy (non-hydrogen) atoms. The molecule has 0 aliphatic carbocycles. The average Bonchev–Trinajstić information content (AvgIpc) is 2.79. The van der Waals surface area contributed by atoms with Gasteiger partial charge in [0, 0.05) is 31.9 Å². The Labute approximate surface area is 187 Å². The molecule has 2 aromatic heterocycles. The van der Waals surface area contributed by atoms with Gasteiger partial charge >= 0.3 is 6.18 Å². The first-order chi connectivity index (χ1) is 15.3. The Morgan fingerprint density at radius 3 is 2.41 bits per heavy atom. The fraction of sp³-hybridized carbons (Fsp3) is 0.318. The fourth-order valence-electron chi connectivity index (χ4n) is 3.67. The van der Waals surface area contributed by atoms with Gasteiger partial charge in [-0.2, -0.15) is 23.0 Å². The second kappa shape index (κ2) is 9.30. The van der Waals surface area contributed by atoms with E-state index in [4.69, 9.17) is 11.6 Å². The number of anilines is 1. The van der Waals surface area contributed by atoms with Crippen LogP contribution >= 0.6 is 11.6 Å². The summed E-state index contributed by atoms with van der Waals surface area (Å²) < 4.78 is 39.0. The maximum Gasteiger partial charge on any atom is 0.417 e. The Balaban J connectivity index is 1.40. The molecule has 0 spiro atoms. The van der Waals surface area contributed by atoms with Gasteiger partial charge in [-0.05, 0) is 30.5 Å². The van der Waals surface area contributed by atoms with E-state index in [9.17, 15) is 18.0 Å². The van der Waals surface area contributed by atoms with Crippen LogP contribution in [-0.2, 0) is 12.7 Å². The standard InChI is InChI=1S/C22H21ClF3N5O/c23-20-18(29-17-8-10-30(11-9-17)14-15-4-2-1-3-5-15)13-28-31(21(20)32)19-7-6-16(12-27-19)22(24,25)26/h1-7,12-13,17,29H,8-11,14H2. The van der Waals surface area contributed by atoms with E-state index in [1.165, 1.54) is 11.8 Å². The number of nitrogens with one attached hydrogen (secondary N) is 1. The maximum absolute atomic E-state index is 12.7. The Morgan fingerprint density at radius 1 is 1.06 bits per heavy atom. The van der Waals surface area contributed by atoms with E-state index in [2.05, 4.69) is 32.4 Å². The van der Waals surface area contributed by atoms with Crippen LogP contribution in [0.25, 0.3) is 5.82 Å². The van der Waals surface area contributed by atoms with Gasteiger partial charge in [0.1, 0.15) is 5.02 Å². The van der Waals surface area contributed by atoms with Crippen molar-refractivity contribution in [2.24, 2.45) is 0 Å². The summed E-state index contributed by atoms with van der Waals surface area (Å²) in [4.78, 5) is 18.7. The SMILES string of the molecule is O=c1c(Cl)c(NC2CCN(Cc3ccccc3)CC2)cnn1-c1ccc(C(F)(F)F)cn1. The van der Waals surface area contributed by atoms with E-state index in [-0.39, 0.29) is 16.9 Å². The number of halogens is 4. The number of hydrogen-bond acceptors (Lipinski definition) is 5. The van der Waals surface area contributed by atoms with E-state index in [1.54, 1.807) is 0 Å². The van der Waals surface area contributed by atoms with Crippen LogP contribution in [0.3, 0.4) is 0 Å². The molecule has 10 heteroatoms. The molecule has 168 valence electrons. The molecule has 0 saturated carbocycles. The van der Waals surface area contributed by atoms with E-state index >= 15 is 0 Å². The number of benzene rings is 1. The molecule has 3 aromatic rings. The first-order valence-electron chi connectivity index (χ1n) is 10.2. The molecule has 6 nitrogen and oxygen atoms in total. The predicted octanol–water partition coefficient (Wildman–Crippen LogP) is 4.38. The molecular weight excluding hydrogens is 443 g/mol. The number of hydrogen-bond donors (Lipinski definition) is 1. The van der Waals surface area contributed by atoms with Crippen molar-refractivity contribution in [3.63, 3.8) is 0 Å². The zero-order chi connectivity index (χ0) is 22.7. The van der Waals surface area contributed by atoms with Crippen LogP contribution < -0.4 is 10.9 Å². The molecular formula is C22H21ClF3N5O. The lowest BCUT2D eigenvalue weighted by atomic mass is 10.0. The van der Waals surface area contributed by atoms with Gasteiger partial charge in [0.2, 0.25) is 0 Å². The summed E-state index contributed by atoms with van der Waals surface area (Å²) in [6.45, 7) is 2.71. The van der Waals surface area contributed by atoms with Crippen molar-refractivity contribution in [2.75, 3.05) is 18.4 Å². The van der Waals surface area contributed by atoms with Crippen LogP contribution in [0.4, 0.5) is 18.9 Å². The Morgan fingerprint density at radius 2 is 1.78 bits per heavy atom. The predicted molar refractivity (Wildman–Crippen MR) is 116 cm³/mol. The molecule has 1 aliphatic rings. The van der Waals surface area contributed by atoms with Crippen molar-refractivity contribution < 1.29 is 13.2 Å². The Kier molecular flexibility index (Phi) is 6.48. The summed E-state index contributed by atoms with van der Waals surface area (Å²) in [6.07, 6.45) is -0.683. The molecule has 4 rings (SSSR count). The lowest BCUT2D eigenvalue weighted by Gasteiger charge is -2.33. The number of pyridine rings is 1. The van der Waals surface area contributed by atoms with Gasteiger partial charge in [-0.3, -0.25) is 9.69 Å². The average molecular weight is 464 g/mol. The van der Waals surface area contributed by atoms with Crippen molar-refractivity contribution in [1.29, 1.82) is 0 Å². The van der Waals surface area contributed by atoms with Crippen LogP contribution in [0.1, 0.15) is 24.0 Å². The maximum atomic E-state index is 12.7. The summed E-state index contributed by atoms with van der Waals surface area (Å²) in [5, 5.41) is 7.24. The number of alkyl halides is 3. The van der Waals surface area contributed by atoms with Crippen molar-refractivity contribution >= 4 is 17.3 Å². The van der Waals surface area contributed by atoms with Gasteiger partial charge in [0.05, 0.1) is 17.4 Å². The van der Waals surface area contributed by atoms with Gasteiger partial charge in [-0.25, -0.2) is 4.98 Å². The number of aromatic nitrogens is 3. The third-order valence-electron chi connectivity index (χ3n) is 5.41. The molecule has 3 heterocycles. The van der Waals surface area contributed by atoms with E-state index in [0.29, 0.717) is 11.9 Å².